The lowest BCUT2D eigenvalue weighted by Crippen LogP contribution is -2.21. The molecule has 0 fully saturated rings. The van der Waals surface area contributed by atoms with Crippen LogP contribution in [-0.4, -0.2) is 24.9 Å². The van der Waals surface area contributed by atoms with Crippen LogP contribution in [-0.2, 0) is 20.9 Å². The summed E-state index contributed by atoms with van der Waals surface area (Å²) in [6.45, 7) is 2.98. The van der Waals surface area contributed by atoms with E-state index in [1.165, 1.54) is 12.5 Å². The number of benzene rings is 1. The highest BCUT2D eigenvalue weighted by Crippen LogP contribution is 1.96. The number of carbonyl (C=O) groups excluding carboxylic acids is 2. The molecule has 0 heterocycles. The maximum absolute atomic E-state index is 11.0. The zero-order chi connectivity index (χ0) is 12.5. The Morgan fingerprint density at radius 3 is 2.59 bits per heavy atom. The molecule has 0 aliphatic rings. The minimum absolute atomic E-state index is 0.140. The number of ketones is 1. The van der Waals surface area contributed by atoms with Gasteiger partial charge in [-0.25, -0.2) is 0 Å². The van der Waals surface area contributed by atoms with E-state index < -0.39 is 5.97 Å². The average molecular weight is 235 g/mol. The Morgan fingerprint density at radius 1 is 1.24 bits per heavy atom. The third-order valence-corrected chi connectivity index (χ3v) is 2.11. The summed E-state index contributed by atoms with van der Waals surface area (Å²) >= 11 is 0. The normalized spacial score (nSPS) is 9.94. The average Bonchev–Trinajstić information content (AvgIpc) is 2.29. The van der Waals surface area contributed by atoms with Crippen molar-refractivity contribution in [1.82, 2.24) is 5.32 Å². The fourth-order valence-corrected chi connectivity index (χ4v) is 1.32. The molecule has 1 rings (SSSR count). The molecule has 0 saturated heterocycles. The lowest BCUT2D eigenvalue weighted by molar-refractivity contribution is -0.145. The molecule has 4 heteroatoms. The van der Waals surface area contributed by atoms with Crippen molar-refractivity contribution < 1.29 is 14.3 Å². The number of Topliss-reactive ketones (excluding diaryl/α,β-unsaturated/α-hetero) is 1. The van der Waals surface area contributed by atoms with Gasteiger partial charge in [0.15, 0.2) is 0 Å². The number of ether oxygens (including phenoxy) is 1. The molecule has 0 atom stereocenters. The summed E-state index contributed by atoms with van der Waals surface area (Å²) in [5, 5.41) is 3.15. The first-order chi connectivity index (χ1) is 8.18. The van der Waals surface area contributed by atoms with E-state index in [9.17, 15) is 9.59 Å². The molecular formula is C13H17NO3. The third kappa shape index (κ3) is 6.48. The van der Waals surface area contributed by atoms with Gasteiger partial charge in [0.1, 0.15) is 18.8 Å². The van der Waals surface area contributed by atoms with Gasteiger partial charge in [0.05, 0.1) is 0 Å². The summed E-state index contributed by atoms with van der Waals surface area (Å²) < 4.78 is 4.87. The van der Waals surface area contributed by atoms with Gasteiger partial charge in [-0.2, -0.15) is 0 Å². The van der Waals surface area contributed by atoms with Gasteiger partial charge >= 0.3 is 5.97 Å². The van der Waals surface area contributed by atoms with Gasteiger partial charge < -0.3 is 10.1 Å². The summed E-state index contributed by atoms with van der Waals surface area (Å²) in [5.41, 5.74) is 1.18. The Morgan fingerprint density at radius 2 is 1.94 bits per heavy atom. The molecule has 92 valence electrons. The summed E-state index contributed by atoms with van der Waals surface area (Å²) in [6, 6.07) is 9.96. The summed E-state index contributed by atoms with van der Waals surface area (Å²) in [7, 11) is 0. The van der Waals surface area contributed by atoms with Crippen LogP contribution in [0, 0.1) is 0 Å². The largest absolute Gasteiger partial charge is 0.464 e. The van der Waals surface area contributed by atoms with E-state index in [4.69, 9.17) is 4.74 Å². The Balaban J connectivity index is 2.05. The van der Waals surface area contributed by atoms with E-state index in [0.29, 0.717) is 13.2 Å². The molecule has 0 saturated carbocycles. The molecule has 1 aromatic carbocycles. The molecule has 17 heavy (non-hydrogen) atoms. The predicted octanol–water partition coefficient (Wildman–Crippen LogP) is 1.30. The van der Waals surface area contributed by atoms with Crippen LogP contribution in [0.5, 0.6) is 0 Å². The number of hydrogen-bond acceptors (Lipinski definition) is 4. The molecule has 0 unspecified atom stereocenters. The third-order valence-electron chi connectivity index (χ3n) is 2.11. The standard InChI is InChI=1S/C13H17NO3/c1-11(15)9-13(16)17-8-7-14-10-12-5-3-2-4-6-12/h2-6,14H,7-10H2,1H3. The van der Waals surface area contributed by atoms with Crippen molar-refractivity contribution in [2.24, 2.45) is 0 Å². The Hall–Kier alpha value is -1.68. The minimum atomic E-state index is -0.459. The van der Waals surface area contributed by atoms with Crippen LogP contribution >= 0.6 is 0 Å². The highest BCUT2D eigenvalue weighted by atomic mass is 16.5. The smallest absolute Gasteiger partial charge is 0.313 e. The molecule has 0 aliphatic carbocycles. The maximum Gasteiger partial charge on any atom is 0.313 e. The molecule has 0 amide bonds. The van der Waals surface area contributed by atoms with Crippen molar-refractivity contribution in [2.75, 3.05) is 13.2 Å². The molecular weight excluding hydrogens is 218 g/mol. The number of carbonyl (C=O) groups is 2. The van der Waals surface area contributed by atoms with Crippen LogP contribution in [0.3, 0.4) is 0 Å². The fourth-order valence-electron chi connectivity index (χ4n) is 1.32. The quantitative estimate of drug-likeness (QED) is 0.439. The first kappa shape index (κ1) is 13.4. The first-order valence-corrected chi connectivity index (χ1v) is 5.58. The van der Waals surface area contributed by atoms with Crippen LogP contribution in [0.15, 0.2) is 30.3 Å². The van der Waals surface area contributed by atoms with Crippen LogP contribution in [0.1, 0.15) is 18.9 Å². The number of nitrogens with one attached hydrogen (secondary N) is 1. The maximum atomic E-state index is 11.0. The molecule has 4 nitrogen and oxygen atoms in total. The van der Waals surface area contributed by atoms with Gasteiger partial charge in [0.25, 0.3) is 0 Å². The molecule has 1 N–H and O–H groups in total. The van der Waals surface area contributed by atoms with Crippen molar-refractivity contribution in [3.05, 3.63) is 35.9 Å². The Labute approximate surface area is 101 Å². The van der Waals surface area contributed by atoms with Crippen molar-refractivity contribution in [2.45, 2.75) is 19.9 Å². The van der Waals surface area contributed by atoms with Crippen LogP contribution < -0.4 is 5.32 Å². The van der Waals surface area contributed by atoms with Crippen molar-refractivity contribution in [3.63, 3.8) is 0 Å². The van der Waals surface area contributed by atoms with E-state index in [2.05, 4.69) is 5.32 Å². The second-order valence-electron chi connectivity index (χ2n) is 3.76. The van der Waals surface area contributed by atoms with Crippen LogP contribution in [0.25, 0.3) is 0 Å². The first-order valence-electron chi connectivity index (χ1n) is 5.58. The van der Waals surface area contributed by atoms with Gasteiger partial charge in [-0.05, 0) is 12.5 Å². The van der Waals surface area contributed by atoms with Crippen LogP contribution in [0.2, 0.25) is 0 Å². The van der Waals surface area contributed by atoms with E-state index >= 15 is 0 Å². The molecule has 0 aromatic heterocycles. The van der Waals surface area contributed by atoms with Gasteiger partial charge in [0, 0.05) is 13.1 Å². The zero-order valence-electron chi connectivity index (χ0n) is 9.94. The van der Waals surface area contributed by atoms with Crippen molar-refractivity contribution >= 4 is 11.8 Å². The van der Waals surface area contributed by atoms with Gasteiger partial charge in [-0.15, -0.1) is 0 Å². The van der Waals surface area contributed by atoms with Gasteiger partial charge in [0.2, 0.25) is 0 Å². The van der Waals surface area contributed by atoms with E-state index in [1.807, 2.05) is 30.3 Å². The van der Waals surface area contributed by atoms with Crippen molar-refractivity contribution in [1.29, 1.82) is 0 Å². The van der Waals surface area contributed by atoms with E-state index in [0.717, 1.165) is 6.54 Å². The molecule has 1 aromatic rings. The number of esters is 1. The minimum Gasteiger partial charge on any atom is -0.464 e. The highest BCUT2D eigenvalue weighted by molar-refractivity contribution is 5.94. The molecule has 0 aliphatic heterocycles. The highest BCUT2D eigenvalue weighted by Gasteiger charge is 2.05. The van der Waals surface area contributed by atoms with Gasteiger partial charge in [-0.1, -0.05) is 30.3 Å². The summed E-state index contributed by atoms with van der Waals surface area (Å²) in [4.78, 5) is 21.6. The Bertz CT molecular complexity index is 362. The molecule has 0 radical (unpaired) electrons. The van der Waals surface area contributed by atoms with E-state index in [1.54, 1.807) is 0 Å². The second-order valence-corrected chi connectivity index (χ2v) is 3.76. The summed E-state index contributed by atoms with van der Waals surface area (Å²) in [6.07, 6.45) is -0.140. The monoisotopic (exact) mass is 235 g/mol. The topological polar surface area (TPSA) is 55.4 Å². The number of rotatable bonds is 7. The van der Waals surface area contributed by atoms with E-state index in [-0.39, 0.29) is 12.2 Å². The van der Waals surface area contributed by atoms with Gasteiger partial charge in [-0.3, -0.25) is 9.59 Å². The number of hydrogen-bond donors (Lipinski definition) is 1. The van der Waals surface area contributed by atoms with Crippen LogP contribution in [0.4, 0.5) is 0 Å². The van der Waals surface area contributed by atoms with Crippen molar-refractivity contribution in [3.8, 4) is 0 Å². The Kier molecular flexibility index (Phi) is 5.96. The fraction of sp³-hybridized carbons (Fsp3) is 0.385. The predicted molar refractivity (Wildman–Crippen MR) is 64.4 cm³/mol. The molecule has 0 spiro atoms. The lowest BCUT2D eigenvalue weighted by Gasteiger charge is -2.05. The summed E-state index contributed by atoms with van der Waals surface area (Å²) in [5.74, 6) is -0.633. The second kappa shape index (κ2) is 7.57. The SMILES string of the molecule is CC(=O)CC(=O)OCCNCc1ccccc1. The zero-order valence-corrected chi connectivity index (χ0v) is 9.94. The lowest BCUT2D eigenvalue weighted by atomic mass is 10.2. The molecule has 0 bridgehead atoms.